The first-order chi connectivity index (χ1) is 13.4. The first-order valence-corrected chi connectivity index (χ1v) is 10.8. The fourth-order valence-electron chi connectivity index (χ4n) is 5.04. The van der Waals surface area contributed by atoms with Crippen LogP contribution in [0.5, 0.6) is 0 Å². The predicted molar refractivity (Wildman–Crippen MR) is 110 cm³/mol. The van der Waals surface area contributed by atoms with E-state index in [4.69, 9.17) is 0 Å². The molecule has 1 aromatic carbocycles. The number of rotatable bonds is 3. The molecule has 0 saturated carbocycles. The number of benzene rings is 1. The van der Waals surface area contributed by atoms with Crippen LogP contribution in [0.15, 0.2) is 18.2 Å². The SMILES string of the molecule is Cc1ccc(C)c([C@@H]2CCCN2C(=O)C2CN(C(=O)C3CCN(C)CC3)C2)c1. The molecule has 2 amide bonds. The summed E-state index contributed by atoms with van der Waals surface area (Å²) in [4.78, 5) is 32.2. The highest BCUT2D eigenvalue weighted by molar-refractivity contribution is 5.86. The third-order valence-corrected chi connectivity index (χ3v) is 6.94. The number of carbonyl (C=O) groups excluding carboxylic acids is 2. The summed E-state index contributed by atoms with van der Waals surface area (Å²) in [6.45, 7) is 8.32. The van der Waals surface area contributed by atoms with Crippen molar-refractivity contribution in [1.82, 2.24) is 14.7 Å². The van der Waals surface area contributed by atoms with Gasteiger partial charge in [-0.1, -0.05) is 23.8 Å². The Kier molecular flexibility index (Phi) is 5.46. The van der Waals surface area contributed by atoms with Crippen molar-refractivity contribution in [2.75, 3.05) is 39.8 Å². The third-order valence-electron chi connectivity index (χ3n) is 6.94. The van der Waals surface area contributed by atoms with Gasteiger partial charge in [0, 0.05) is 25.6 Å². The van der Waals surface area contributed by atoms with Crippen LogP contribution >= 0.6 is 0 Å². The van der Waals surface area contributed by atoms with Gasteiger partial charge in [0.15, 0.2) is 0 Å². The second kappa shape index (κ2) is 7.86. The number of piperidine rings is 1. The van der Waals surface area contributed by atoms with E-state index in [-0.39, 0.29) is 29.7 Å². The van der Waals surface area contributed by atoms with Crippen molar-refractivity contribution in [3.63, 3.8) is 0 Å². The van der Waals surface area contributed by atoms with Crippen molar-refractivity contribution in [3.05, 3.63) is 34.9 Å². The molecule has 3 heterocycles. The van der Waals surface area contributed by atoms with Crippen LogP contribution in [0.25, 0.3) is 0 Å². The van der Waals surface area contributed by atoms with Gasteiger partial charge < -0.3 is 14.7 Å². The van der Waals surface area contributed by atoms with E-state index in [1.54, 1.807) is 0 Å². The van der Waals surface area contributed by atoms with Crippen LogP contribution in [0.1, 0.15) is 48.4 Å². The number of hydrogen-bond acceptors (Lipinski definition) is 3. The molecule has 0 spiro atoms. The summed E-state index contributed by atoms with van der Waals surface area (Å²) in [6, 6.07) is 6.74. The number of carbonyl (C=O) groups is 2. The van der Waals surface area contributed by atoms with Crippen molar-refractivity contribution >= 4 is 11.8 Å². The lowest BCUT2D eigenvalue weighted by Gasteiger charge is -2.43. The summed E-state index contributed by atoms with van der Waals surface area (Å²) < 4.78 is 0. The summed E-state index contributed by atoms with van der Waals surface area (Å²) in [5.74, 6) is 0.656. The topological polar surface area (TPSA) is 43.9 Å². The van der Waals surface area contributed by atoms with Gasteiger partial charge in [-0.05, 0) is 70.8 Å². The number of likely N-dealkylation sites (tertiary alicyclic amines) is 3. The number of aryl methyl sites for hydroxylation is 2. The Morgan fingerprint density at radius 1 is 0.929 bits per heavy atom. The second-order valence-electron chi connectivity index (χ2n) is 9.07. The first-order valence-electron chi connectivity index (χ1n) is 10.8. The molecule has 3 saturated heterocycles. The highest BCUT2D eigenvalue weighted by Crippen LogP contribution is 2.36. The standard InChI is InChI=1S/C23H33N3O2/c1-16-6-7-17(2)20(13-16)21-5-4-10-26(21)23(28)19-14-25(15-19)22(27)18-8-11-24(3)12-9-18/h6-7,13,18-19,21H,4-5,8-12,14-15H2,1-3H3/t21-/m0/s1. The van der Waals surface area contributed by atoms with Gasteiger partial charge in [-0.15, -0.1) is 0 Å². The number of amides is 2. The summed E-state index contributed by atoms with van der Waals surface area (Å²) in [7, 11) is 2.11. The van der Waals surface area contributed by atoms with E-state index in [1.165, 1.54) is 16.7 Å². The molecule has 0 N–H and O–H groups in total. The van der Waals surface area contributed by atoms with Gasteiger partial charge in [0.25, 0.3) is 0 Å². The van der Waals surface area contributed by atoms with Gasteiger partial charge in [0.1, 0.15) is 0 Å². The van der Waals surface area contributed by atoms with Gasteiger partial charge in [-0.25, -0.2) is 0 Å². The van der Waals surface area contributed by atoms with Crippen LogP contribution in [-0.2, 0) is 9.59 Å². The van der Waals surface area contributed by atoms with E-state index in [1.807, 2.05) is 4.90 Å². The van der Waals surface area contributed by atoms with Crippen molar-refractivity contribution in [1.29, 1.82) is 0 Å². The molecule has 0 radical (unpaired) electrons. The third kappa shape index (κ3) is 3.69. The Bertz CT molecular complexity index is 748. The maximum Gasteiger partial charge on any atom is 0.229 e. The molecule has 3 fully saturated rings. The Morgan fingerprint density at radius 2 is 1.64 bits per heavy atom. The van der Waals surface area contributed by atoms with Gasteiger partial charge >= 0.3 is 0 Å². The molecule has 152 valence electrons. The van der Waals surface area contributed by atoms with Crippen LogP contribution in [0, 0.1) is 25.7 Å². The average molecular weight is 384 g/mol. The molecule has 5 heteroatoms. The minimum atomic E-state index is -0.0130. The van der Waals surface area contributed by atoms with Crippen LogP contribution in [0.3, 0.4) is 0 Å². The molecule has 3 aliphatic heterocycles. The summed E-state index contributed by atoms with van der Waals surface area (Å²) in [5, 5.41) is 0. The van der Waals surface area contributed by atoms with Crippen LogP contribution in [0.4, 0.5) is 0 Å². The van der Waals surface area contributed by atoms with Gasteiger partial charge in [0.2, 0.25) is 11.8 Å². The molecule has 1 aromatic rings. The van der Waals surface area contributed by atoms with Crippen LogP contribution in [0.2, 0.25) is 0 Å². The minimum Gasteiger partial charge on any atom is -0.341 e. The van der Waals surface area contributed by atoms with E-state index in [0.717, 1.165) is 45.3 Å². The van der Waals surface area contributed by atoms with Crippen LogP contribution < -0.4 is 0 Å². The first kappa shape index (κ1) is 19.4. The number of nitrogens with zero attached hydrogens (tertiary/aromatic N) is 3. The normalized spacial score (nSPS) is 24.5. The van der Waals surface area contributed by atoms with Gasteiger partial charge in [-0.3, -0.25) is 9.59 Å². The quantitative estimate of drug-likeness (QED) is 0.806. The predicted octanol–water partition coefficient (Wildman–Crippen LogP) is 2.77. The van der Waals surface area contributed by atoms with Crippen molar-refractivity contribution in [2.24, 2.45) is 11.8 Å². The molecule has 1 atom stereocenters. The zero-order valence-corrected chi connectivity index (χ0v) is 17.5. The summed E-state index contributed by atoms with van der Waals surface area (Å²) in [6.07, 6.45) is 4.01. The molecular formula is C23H33N3O2. The monoisotopic (exact) mass is 383 g/mol. The van der Waals surface area contributed by atoms with Crippen LogP contribution in [-0.4, -0.2) is 66.3 Å². The smallest absolute Gasteiger partial charge is 0.229 e. The summed E-state index contributed by atoms with van der Waals surface area (Å²) in [5.41, 5.74) is 3.81. The lowest BCUT2D eigenvalue weighted by Crippen LogP contribution is -2.58. The molecule has 3 aliphatic rings. The van der Waals surface area contributed by atoms with Gasteiger partial charge in [-0.2, -0.15) is 0 Å². The molecule has 28 heavy (non-hydrogen) atoms. The Balaban J connectivity index is 1.36. The fourth-order valence-corrected chi connectivity index (χ4v) is 5.04. The second-order valence-corrected chi connectivity index (χ2v) is 9.07. The molecule has 5 nitrogen and oxygen atoms in total. The molecule has 0 aromatic heterocycles. The van der Waals surface area contributed by atoms with E-state index in [0.29, 0.717) is 13.1 Å². The Morgan fingerprint density at radius 3 is 2.36 bits per heavy atom. The maximum atomic E-state index is 13.2. The maximum absolute atomic E-state index is 13.2. The molecule has 0 bridgehead atoms. The van der Waals surface area contributed by atoms with E-state index < -0.39 is 0 Å². The zero-order chi connectivity index (χ0) is 19.8. The highest BCUT2D eigenvalue weighted by Gasteiger charge is 2.43. The Hall–Kier alpha value is -1.88. The van der Waals surface area contributed by atoms with E-state index in [9.17, 15) is 9.59 Å². The lowest BCUT2D eigenvalue weighted by molar-refractivity contribution is -0.152. The van der Waals surface area contributed by atoms with Gasteiger partial charge in [0.05, 0.1) is 12.0 Å². The van der Waals surface area contributed by atoms with E-state index in [2.05, 4.69) is 48.9 Å². The fraction of sp³-hybridized carbons (Fsp3) is 0.652. The zero-order valence-electron chi connectivity index (χ0n) is 17.5. The number of hydrogen-bond donors (Lipinski definition) is 0. The Labute approximate surface area is 168 Å². The summed E-state index contributed by atoms with van der Waals surface area (Å²) >= 11 is 0. The van der Waals surface area contributed by atoms with E-state index >= 15 is 0 Å². The minimum absolute atomic E-state index is 0.0130. The largest absolute Gasteiger partial charge is 0.341 e. The average Bonchev–Trinajstić information content (AvgIpc) is 3.12. The molecular weight excluding hydrogens is 350 g/mol. The molecule has 4 rings (SSSR count). The lowest BCUT2D eigenvalue weighted by atomic mass is 9.90. The molecule has 0 unspecified atom stereocenters. The van der Waals surface area contributed by atoms with Crippen molar-refractivity contribution in [2.45, 2.75) is 45.6 Å². The van der Waals surface area contributed by atoms with Crippen molar-refractivity contribution < 1.29 is 9.59 Å². The highest BCUT2D eigenvalue weighted by atomic mass is 16.2. The molecule has 0 aliphatic carbocycles. The van der Waals surface area contributed by atoms with Crippen molar-refractivity contribution in [3.8, 4) is 0 Å².